The van der Waals surface area contributed by atoms with Crippen molar-refractivity contribution in [3.05, 3.63) is 0 Å². The van der Waals surface area contributed by atoms with Gasteiger partial charge in [0.1, 0.15) is 5.41 Å². The second kappa shape index (κ2) is 5.75. The van der Waals surface area contributed by atoms with E-state index in [-0.39, 0.29) is 17.4 Å². The summed E-state index contributed by atoms with van der Waals surface area (Å²) in [6.45, 7) is 2.91. The molecule has 1 heterocycles. The molecular formula is C11H20N2O3S. The second-order valence-corrected chi connectivity index (χ2v) is 5.03. The molecule has 0 spiro atoms. The summed E-state index contributed by atoms with van der Waals surface area (Å²) in [5.74, 6) is -0.116. The number of likely N-dealkylation sites (N-methyl/N-ethyl adjacent to an activating group) is 1. The van der Waals surface area contributed by atoms with Crippen molar-refractivity contribution >= 4 is 23.1 Å². The van der Waals surface area contributed by atoms with Crippen LogP contribution in [-0.4, -0.2) is 53.8 Å². The maximum Gasteiger partial charge on any atom is 0.235 e. The van der Waals surface area contributed by atoms with E-state index in [0.29, 0.717) is 26.1 Å². The van der Waals surface area contributed by atoms with Crippen molar-refractivity contribution in [3.8, 4) is 0 Å². The second-order valence-electron chi connectivity index (χ2n) is 4.59. The van der Waals surface area contributed by atoms with Crippen LogP contribution in [0.3, 0.4) is 0 Å². The highest BCUT2D eigenvalue weighted by Crippen LogP contribution is 2.33. The molecule has 6 heteroatoms. The molecule has 3 N–H and O–H groups in total. The predicted molar refractivity (Wildman–Crippen MR) is 68.6 cm³/mol. The van der Waals surface area contributed by atoms with Gasteiger partial charge in [0, 0.05) is 26.8 Å². The average Bonchev–Trinajstić information content (AvgIpc) is 2.27. The number of hydrogen-bond donors (Lipinski definition) is 2. The zero-order valence-corrected chi connectivity index (χ0v) is 11.1. The zero-order valence-electron chi connectivity index (χ0n) is 10.3. The fourth-order valence-electron chi connectivity index (χ4n) is 2.13. The van der Waals surface area contributed by atoms with Crippen LogP contribution in [0.15, 0.2) is 0 Å². The van der Waals surface area contributed by atoms with Crippen LogP contribution >= 0.6 is 12.2 Å². The number of aliphatic hydroxyl groups is 1. The lowest BCUT2D eigenvalue weighted by Crippen LogP contribution is -2.53. The van der Waals surface area contributed by atoms with Gasteiger partial charge in [-0.15, -0.1) is 0 Å². The molecule has 98 valence electrons. The molecule has 1 unspecified atom stereocenters. The lowest BCUT2D eigenvalue weighted by Gasteiger charge is -2.37. The van der Waals surface area contributed by atoms with E-state index >= 15 is 0 Å². The van der Waals surface area contributed by atoms with E-state index in [1.54, 1.807) is 14.0 Å². The van der Waals surface area contributed by atoms with Crippen LogP contribution in [0.1, 0.15) is 19.8 Å². The van der Waals surface area contributed by atoms with Crippen molar-refractivity contribution in [3.63, 3.8) is 0 Å². The van der Waals surface area contributed by atoms with E-state index in [0.717, 1.165) is 0 Å². The molecule has 0 aromatic heterocycles. The summed E-state index contributed by atoms with van der Waals surface area (Å²) < 4.78 is 5.25. The number of ether oxygens (including phenoxy) is 1. The first-order chi connectivity index (χ1) is 7.90. The van der Waals surface area contributed by atoms with E-state index in [9.17, 15) is 9.90 Å². The Balaban J connectivity index is 2.83. The molecule has 0 aromatic carbocycles. The third-order valence-corrected chi connectivity index (χ3v) is 3.50. The number of aliphatic hydroxyl groups excluding tert-OH is 1. The molecule has 1 aliphatic rings. The summed E-state index contributed by atoms with van der Waals surface area (Å²) >= 11 is 5.05. The van der Waals surface area contributed by atoms with E-state index < -0.39 is 11.5 Å². The molecule has 17 heavy (non-hydrogen) atoms. The zero-order chi connectivity index (χ0) is 13.1. The molecule has 0 bridgehead atoms. The fraction of sp³-hybridized carbons (Fsp3) is 0.818. The maximum absolute atomic E-state index is 12.4. The molecule has 1 amide bonds. The van der Waals surface area contributed by atoms with Gasteiger partial charge in [-0.3, -0.25) is 4.79 Å². The molecule has 5 nitrogen and oxygen atoms in total. The molecule has 1 aliphatic heterocycles. The Morgan fingerprint density at radius 2 is 2.12 bits per heavy atom. The maximum atomic E-state index is 12.4. The highest BCUT2D eigenvalue weighted by atomic mass is 32.1. The SMILES string of the molecule is CC(O)CN(C)C(=O)C1(C(N)=S)CCOCC1. The minimum atomic E-state index is -0.794. The minimum Gasteiger partial charge on any atom is -0.392 e. The smallest absolute Gasteiger partial charge is 0.235 e. The Labute approximate surface area is 107 Å². The molecule has 1 saturated heterocycles. The standard InChI is InChI=1S/C11H20N2O3S/c1-8(14)7-13(2)10(15)11(9(12)17)3-5-16-6-4-11/h8,14H,3-7H2,1-2H3,(H2,12,17). The van der Waals surface area contributed by atoms with Gasteiger partial charge in [0.15, 0.2) is 0 Å². The Kier molecular flexibility index (Phi) is 4.85. The van der Waals surface area contributed by atoms with Crippen LogP contribution < -0.4 is 5.73 Å². The molecule has 1 atom stereocenters. The number of amides is 1. The van der Waals surface area contributed by atoms with Crippen molar-refractivity contribution in [2.24, 2.45) is 11.1 Å². The summed E-state index contributed by atoms with van der Waals surface area (Å²) in [4.78, 5) is 14.1. The summed E-state index contributed by atoms with van der Waals surface area (Å²) in [6.07, 6.45) is 0.476. The lowest BCUT2D eigenvalue weighted by atomic mass is 9.78. The van der Waals surface area contributed by atoms with Crippen LogP contribution in [0.25, 0.3) is 0 Å². The number of carbonyl (C=O) groups is 1. The van der Waals surface area contributed by atoms with Crippen molar-refractivity contribution in [1.29, 1.82) is 0 Å². The number of carbonyl (C=O) groups excluding carboxylic acids is 1. The minimum absolute atomic E-state index is 0.116. The molecule has 0 aromatic rings. The first-order valence-electron chi connectivity index (χ1n) is 5.71. The number of hydrogen-bond acceptors (Lipinski definition) is 4. The Bertz CT molecular complexity index is 301. The Morgan fingerprint density at radius 3 is 2.53 bits per heavy atom. The van der Waals surface area contributed by atoms with Gasteiger partial charge in [0.05, 0.1) is 11.1 Å². The number of nitrogens with zero attached hydrogens (tertiary/aromatic N) is 1. The summed E-state index contributed by atoms with van der Waals surface area (Å²) in [5, 5.41) is 9.31. The first-order valence-corrected chi connectivity index (χ1v) is 6.12. The van der Waals surface area contributed by atoms with E-state index in [2.05, 4.69) is 0 Å². The van der Waals surface area contributed by atoms with Crippen molar-refractivity contribution < 1.29 is 14.6 Å². The highest BCUT2D eigenvalue weighted by Gasteiger charge is 2.44. The van der Waals surface area contributed by atoms with Crippen molar-refractivity contribution in [2.45, 2.75) is 25.9 Å². The van der Waals surface area contributed by atoms with Crippen molar-refractivity contribution in [2.75, 3.05) is 26.8 Å². The number of thiocarbonyl (C=S) groups is 1. The van der Waals surface area contributed by atoms with Crippen LogP contribution in [0.4, 0.5) is 0 Å². The van der Waals surface area contributed by atoms with E-state index in [4.69, 9.17) is 22.7 Å². The van der Waals surface area contributed by atoms with Gasteiger partial charge in [-0.25, -0.2) is 0 Å². The van der Waals surface area contributed by atoms with Gasteiger partial charge in [0.25, 0.3) is 0 Å². The van der Waals surface area contributed by atoms with Gasteiger partial charge in [-0.05, 0) is 19.8 Å². The van der Waals surface area contributed by atoms with E-state index in [1.807, 2.05) is 0 Å². The topological polar surface area (TPSA) is 75.8 Å². The Morgan fingerprint density at radius 1 is 1.59 bits per heavy atom. The predicted octanol–water partition coefficient (Wildman–Crippen LogP) is -0.0915. The van der Waals surface area contributed by atoms with Crippen LogP contribution in [0, 0.1) is 5.41 Å². The molecular weight excluding hydrogens is 240 g/mol. The molecule has 0 aliphatic carbocycles. The fourth-order valence-corrected chi connectivity index (χ4v) is 2.42. The lowest BCUT2D eigenvalue weighted by molar-refractivity contribution is -0.142. The quantitative estimate of drug-likeness (QED) is 0.691. The van der Waals surface area contributed by atoms with Crippen LogP contribution in [-0.2, 0) is 9.53 Å². The normalized spacial score (nSPS) is 20.6. The monoisotopic (exact) mass is 260 g/mol. The molecule has 1 fully saturated rings. The molecule has 1 rings (SSSR count). The summed E-state index contributed by atoms with van der Waals surface area (Å²) in [7, 11) is 1.66. The van der Waals surface area contributed by atoms with Gasteiger partial charge in [0.2, 0.25) is 5.91 Å². The van der Waals surface area contributed by atoms with E-state index in [1.165, 1.54) is 4.90 Å². The molecule has 0 saturated carbocycles. The average molecular weight is 260 g/mol. The molecule has 0 radical (unpaired) electrons. The number of nitrogens with two attached hydrogens (primary N) is 1. The van der Waals surface area contributed by atoms with Gasteiger partial charge in [-0.2, -0.15) is 0 Å². The third-order valence-electron chi connectivity index (χ3n) is 3.11. The third kappa shape index (κ3) is 3.14. The Hall–Kier alpha value is -0.720. The van der Waals surface area contributed by atoms with Crippen molar-refractivity contribution in [1.82, 2.24) is 4.90 Å². The van der Waals surface area contributed by atoms with Crippen LogP contribution in [0.2, 0.25) is 0 Å². The number of rotatable bonds is 4. The largest absolute Gasteiger partial charge is 0.392 e. The van der Waals surface area contributed by atoms with Gasteiger partial charge in [-0.1, -0.05) is 12.2 Å². The summed E-state index contributed by atoms with van der Waals surface area (Å²) in [5.41, 5.74) is 4.94. The highest BCUT2D eigenvalue weighted by molar-refractivity contribution is 7.80. The van der Waals surface area contributed by atoms with Gasteiger partial charge >= 0.3 is 0 Å². The van der Waals surface area contributed by atoms with Gasteiger partial charge < -0.3 is 20.5 Å². The first kappa shape index (κ1) is 14.3. The summed E-state index contributed by atoms with van der Waals surface area (Å²) in [6, 6.07) is 0. The van der Waals surface area contributed by atoms with Crippen LogP contribution in [0.5, 0.6) is 0 Å².